The monoisotopic (exact) mass is 710 g/mol. The van der Waals surface area contributed by atoms with E-state index in [9.17, 15) is 5.11 Å². The van der Waals surface area contributed by atoms with Crippen LogP contribution in [0.25, 0.3) is 90.7 Å². The molecular weight excluding hydrogens is 681 g/mol. The van der Waals surface area contributed by atoms with Crippen molar-refractivity contribution in [3.8, 4) is 16.9 Å². The molecule has 0 bridgehead atoms. The summed E-state index contributed by atoms with van der Waals surface area (Å²) in [6, 6.07) is 51.0. The molecule has 0 aliphatic rings. The molecule has 0 saturated heterocycles. The first-order valence-electron chi connectivity index (χ1n) is 15.7. The third-order valence-corrected chi connectivity index (χ3v) is 10.5. The second kappa shape index (κ2) is 12.4. The number of aromatic nitrogens is 1. The van der Waals surface area contributed by atoms with Gasteiger partial charge in [-0.1, -0.05) is 121 Å². The molecule has 2 aromatic heterocycles. The largest absolute Gasteiger partial charge is 0.683 e. The van der Waals surface area contributed by atoms with Crippen molar-refractivity contribution in [2.75, 3.05) is 7.05 Å². The zero-order valence-corrected chi connectivity index (χ0v) is 29.9. The molecular formula is C43H29N2OSY-. The molecule has 0 unspecified atom stereocenters. The van der Waals surface area contributed by atoms with Gasteiger partial charge < -0.3 is 15.4 Å². The summed E-state index contributed by atoms with van der Waals surface area (Å²) < 4.78 is 2.37. The minimum absolute atomic E-state index is 0. The summed E-state index contributed by atoms with van der Waals surface area (Å²) in [5.74, 6) is 0.224. The smallest absolute Gasteiger partial charge is 0.102 e. The van der Waals surface area contributed by atoms with E-state index >= 15 is 0 Å². The van der Waals surface area contributed by atoms with Crippen molar-refractivity contribution in [1.29, 1.82) is 0 Å². The van der Waals surface area contributed by atoms with Crippen LogP contribution in [0, 0.1) is 0 Å². The number of rotatable bonds is 2. The van der Waals surface area contributed by atoms with Crippen molar-refractivity contribution in [3.63, 3.8) is 0 Å². The summed E-state index contributed by atoms with van der Waals surface area (Å²) in [4.78, 5) is 3.47. The number of benzene rings is 8. The third kappa shape index (κ3) is 4.95. The number of hydrogen-bond acceptors (Lipinski definition) is 2. The maximum atomic E-state index is 10.8. The van der Waals surface area contributed by atoms with Crippen molar-refractivity contribution >= 4 is 91.3 Å². The molecule has 0 amide bonds. The number of thiophene rings is 1. The first-order valence-corrected chi connectivity index (χ1v) is 16.6. The average Bonchev–Trinajstić information content (AvgIpc) is 3.71. The van der Waals surface area contributed by atoms with Crippen LogP contribution < -0.4 is 0 Å². The maximum absolute atomic E-state index is 10.8. The number of phenols is 1. The van der Waals surface area contributed by atoms with Gasteiger partial charge in [0.2, 0.25) is 0 Å². The first kappa shape index (κ1) is 30.6. The van der Waals surface area contributed by atoms with E-state index in [-0.39, 0.29) is 38.5 Å². The Bertz CT molecular complexity index is 2810. The Morgan fingerprint density at radius 3 is 1.94 bits per heavy atom. The Balaban J connectivity index is 0.000000158. The van der Waals surface area contributed by atoms with Crippen LogP contribution in [-0.4, -0.2) is 17.1 Å². The fourth-order valence-corrected chi connectivity index (χ4v) is 8.34. The molecule has 0 spiro atoms. The van der Waals surface area contributed by atoms with Crippen molar-refractivity contribution in [2.24, 2.45) is 0 Å². The SMILES string of the molecule is C[N-]c1c(O)cc(-c2ccc3ccc4ccccc4c3c2)c2sc3ccccc3c12.[Y].c1ccc2c(c1)ccc1[nH]c3ccccc3c12. The van der Waals surface area contributed by atoms with Crippen molar-refractivity contribution in [1.82, 2.24) is 4.98 Å². The molecule has 0 fully saturated rings. The summed E-state index contributed by atoms with van der Waals surface area (Å²) in [5.41, 5.74) is 5.24. The molecule has 48 heavy (non-hydrogen) atoms. The molecule has 0 aliphatic heterocycles. The Labute approximate surface area is 306 Å². The van der Waals surface area contributed by atoms with Crippen molar-refractivity contribution in [3.05, 3.63) is 151 Å². The van der Waals surface area contributed by atoms with Crippen LogP contribution in [0.2, 0.25) is 0 Å². The summed E-state index contributed by atoms with van der Waals surface area (Å²) >= 11 is 1.76. The van der Waals surface area contributed by atoms with Crippen LogP contribution in [-0.2, 0) is 32.7 Å². The minimum atomic E-state index is 0. The van der Waals surface area contributed by atoms with E-state index in [1.165, 1.54) is 58.8 Å². The Kier molecular flexibility index (Phi) is 7.88. The number of aromatic amines is 1. The quantitative estimate of drug-likeness (QED) is 0.172. The molecule has 3 nitrogen and oxygen atoms in total. The maximum Gasteiger partial charge on any atom is 0.102 e. The zero-order chi connectivity index (χ0) is 31.5. The van der Waals surface area contributed by atoms with Gasteiger partial charge in [-0.15, -0.1) is 18.4 Å². The van der Waals surface area contributed by atoms with Crippen LogP contribution in [0.3, 0.4) is 0 Å². The van der Waals surface area contributed by atoms with Gasteiger partial charge in [0.15, 0.2) is 0 Å². The molecule has 2 N–H and O–H groups in total. The molecule has 5 heteroatoms. The first-order chi connectivity index (χ1) is 23.2. The van der Waals surface area contributed by atoms with Crippen molar-refractivity contribution < 1.29 is 37.8 Å². The van der Waals surface area contributed by atoms with Gasteiger partial charge in [-0.25, -0.2) is 0 Å². The number of phenolic OH excluding ortho intramolecular Hbond substituents is 1. The number of hydrogen-bond donors (Lipinski definition) is 2. The van der Waals surface area contributed by atoms with Gasteiger partial charge in [0.1, 0.15) is 5.75 Å². The number of H-pyrrole nitrogens is 1. The van der Waals surface area contributed by atoms with Gasteiger partial charge >= 0.3 is 0 Å². The number of nitrogens with zero attached hydrogens (tertiary/aromatic N) is 1. The van der Waals surface area contributed by atoms with Crippen LogP contribution in [0.1, 0.15) is 0 Å². The molecule has 2 heterocycles. The molecule has 227 valence electrons. The molecule has 0 aliphatic carbocycles. The van der Waals surface area contributed by atoms with E-state index in [0.717, 1.165) is 26.6 Å². The summed E-state index contributed by atoms with van der Waals surface area (Å²) in [7, 11) is 1.74. The van der Waals surface area contributed by atoms with Crippen LogP contribution in [0.15, 0.2) is 146 Å². The zero-order valence-electron chi connectivity index (χ0n) is 26.2. The normalized spacial score (nSPS) is 11.4. The second-order valence-electron chi connectivity index (χ2n) is 11.9. The van der Waals surface area contributed by atoms with E-state index in [0.29, 0.717) is 5.69 Å². The molecule has 10 aromatic rings. The topological polar surface area (TPSA) is 50.1 Å². The summed E-state index contributed by atoms with van der Waals surface area (Å²) in [6.07, 6.45) is 0. The molecule has 0 saturated carbocycles. The number of nitrogens with one attached hydrogen (secondary N) is 1. The summed E-state index contributed by atoms with van der Waals surface area (Å²) in [5, 5.41) is 27.6. The number of aromatic hydroxyl groups is 1. The van der Waals surface area contributed by atoms with Gasteiger partial charge in [-0.2, -0.15) is 0 Å². The van der Waals surface area contributed by atoms with Crippen molar-refractivity contribution in [2.45, 2.75) is 0 Å². The Hall–Kier alpha value is -4.74. The fourth-order valence-electron chi connectivity index (χ4n) is 7.10. The molecule has 8 aromatic carbocycles. The minimum Gasteiger partial charge on any atom is -0.683 e. The predicted molar refractivity (Wildman–Crippen MR) is 204 cm³/mol. The summed E-state index contributed by atoms with van der Waals surface area (Å²) in [6.45, 7) is 0. The van der Waals surface area contributed by atoms with E-state index in [2.05, 4.69) is 144 Å². The third-order valence-electron chi connectivity index (χ3n) is 9.28. The second-order valence-corrected chi connectivity index (χ2v) is 13.0. The van der Waals surface area contributed by atoms with Gasteiger partial charge in [-0.05, 0) is 79.0 Å². The fraction of sp³-hybridized carbons (Fsp3) is 0.0233. The molecule has 0 atom stereocenters. The van der Waals surface area contributed by atoms with Crippen LogP contribution in [0.5, 0.6) is 5.75 Å². The standard InChI is InChI=1S/C27H18NOS.C16H11N.Y/c1-28-26-23(29)15-22(27-25(26)20-8-4-5-9-24(20)30-27)18-13-12-17-11-10-16-6-2-3-7-19(16)21(17)14-18;1-2-6-12-11(5-1)9-10-15-16(12)13-7-3-4-8-14(13)17-15;/h2-15,29H,1H3;1-10,17H;/q-1;;. The average molecular weight is 711 g/mol. The van der Waals surface area contributed by atoms with Crippen LogP contribution in [0.4, 0.5) is 5.69 Å². The van der Waals surface area contributed by atoms with E-state index < -0.39 is 0 Å². The number of fused-ring (bicyclic) bond motifs is 11. The van der Waals surface area contributed by atoms with E-state index in [1.54, 1.807) is 18.4 Å². The van der Waals surface area contributed by atoms with E-state index in [1.807, 2.05) is 12.1 Å². The van der Waals surface area contributed by atoms with Gasteiger partial charge in [0.25, 0.3) is 0 Å². The number of para-hydroxylation sites is 1. The van der Waals surface area contributed by atoms with Crippen LogP contribution >= 0.6 is 11.3 Å². The van der Waals surface area contributed by atoms with E-state index in [4.69, 9.17) is 0 Å². The van der Waals surface area contributed by atoms with Gasteiger partial charge in [-0.3, -0.25) is 0 Å². The molecule has 1 radical (unpaired) electrons. The predicted octanol–water partition coefficient (Wildman–Crippen LogP) is 12.8. The Morgan fingerprint density at radius 2 is 1.15 bits per heavy atom. The Morgan fingerprint density at radius 1 is 0.542 bits per heavy atom. The van der Waals surface area contributed by atoms with Gasteiger partial charge in [0, 0.05) is 69.5 Å². The molecule has 10 rings (SSSR count). The van der Waals surface area contributed by atoms with Gasteiger partial charge in [0.05, 0.1) is 0 Å².